The highest BCUT2D eigenvalue weighted by Gasteiger charge is 2.13. The molecule has 0 radical (unpaired) electrons. The maximum atomic E-state index is 6.03. The van der Waals surface area contributed by atoms with Gasteiger partial charge in [0, 0.05) is 19.2 Å². The second kappa shape index (κ2) is 8.00. The lowest BCUT2D eigenvalue weighted by atomic mass is 10.1. The normalized spacial score (nSPS) is 14.5. The molecule has 0 spiro atoms. The van der Waals surface area contributed by atoms with E-state index in [1.807, 2.05) is 18.2 Å². The fourth-order valence-electron chi connectivity index (χ4n) is 2.00. The minimum Gasteiger partial charge on any atom is -0.383 e. The van der Waals surface area contributed by atoms with Crippen LogP contribution in [0.2, 0.25) is 10.0 Å². The van der Waals surface area contributed by atoms with Crippen molar-refractivity contribution < 1.29 is 4.74 Å². The van der Waals surface area contributed by atoms with Crippen molar-refractivity contribution in [3.05, 3.63) is 33.8 Å². The third-order valence-corrected chi connectivity index (χ3v) is 3.67. The highest BCUT2D eigenvalue weighted by Crippen LogP contribution is 2.25. The van der Waals surface area contributed by atoms with Crippen LogP contribution in [0.15, 0.2) is 18.2 Å². The summed E-state index contributed by atoms with van der Waals surface area (Å²) in [5.41, 5.74) is 1.14. The first kappa shape index (κ1) is 15.8. The molecule has 1 aromatic carbocycles. The van der Waals surface area contributed by atoms with E-state index in [1.165, 1.54) is 0 Å². The van der Waals surface area contributed by atoms with Gasteiger partial charge in [-0.3, -0.25) is 0 Å². The summed E-state index contributed by atoms with van der Waals surface area (Å²) < 4.78 is 5.23. The van der Waals surface area contributed by atoms with E-state index in [2.05, 4.69) is 19.2 Å². The predicted octanol–water partition coefficient (Wildman–Crippen LogP) is 4.46. The Labute approximate surface area is 120 Å². The van der Waals surface area contributed by atoms with Crippen LogP contribution in [0.25, 0.3) is 0 Å². The molecule has 0 fully saturated rings. The van der Waals surface area contributed by atoms with E-state index < -0.39 is 0 Å². The Balaban J connectivity index is 2.67. The second-order valence-corrected chi connectivity index (χ2v) is 5.32. The van der Waals surface area contributed by atoms with Crippen LogP contribution in [0.3, 0.4) is 0 Å². The molecule has 1 aromatic rings. The summed E-state index contributed by atoms with van der Waals surface area (Å²) in [5, 5.41) is 4.75. The first-order valence-electron chi connectivity index (χ1n) is 6.28. The fourth-order valence-corrected chi connectivity index (χ4v) is 2.30. The number of nitrogens with one attached hydrogen (secondary N) is 1. The molecule has 1 N–H and O–H groups in total. The molecule has 4 heteroatoms. The maximum Gasteiger partial charge on any atom is 0.0616 e. The molecule has 0 bridgehead atoms. The van der Waals surface area contributed by atoms with Gasteiger partial charge in [-0.1, -0.05) is 42.6 Å². The Morgan fingerprint density at radius 2 is 2.00 bits per heavy atom. The second-order valence-electron chi connectivity index (χ2n) is 4.50. The van der Waals surface area contributed by atoms with Crippen LogP contribution in [0.5, 0.6) is 0 Å². The number of rotatable bonds is 7. The molecule has 0 heterocycles. The zero-order valence-electron chi connectivity index (χ0n) is 11.2. The van der Waals surface area contributed by atoms with Crippen LogP contribution in [0, 0.1) is 0 Å². The minimum atomic E-state index is 0.228. The lowest BCUT2D eigenvalue weighted by Crippen LogP contribution is -2.35. The Morgan fingerprint density at radius 1 is 1.28 bits per heavy atom. The highest BCUT2D eigenvalue weighted by atomic mass is 35.5. The highest BCUT2D eigenvalue weighted by molar-refractivity contribution is 6.42. The molecular weight excluding hydrogens is 269 g/mol. The lowest BCUT2D eigenvalue weighted by Gasteiger charge is -2.23. The van der Waals surface area contributed by atoms with E-state index in [0.717, 1.165) is 25.0 Å². The first-order chi connectivity index (χ1) is 8.58. The van der Waals surface area contributed by atoms with Gasteiger partial charge in [0.25, 0.3) is 0 Å². The van der Waals surface area contributed by atoms with Gasteiger partial charge in [-0.15, -0.1) is 0 Å². The van der Waals surface area contributed by atoms with Gasteiger partial charge in [0.1, 0.15) is 0 Å². The molecule has 18 heavy (non-hydrogen) atoms. The zero-order chi connectivity index (χ0) is 13.5. The van der Waals surface area contributed by atoms with Gasteiger partial charge in [0.2, 0.25) is 0 Å². The standard InChI is InChI=1S/C14H21Cl2NO/c1-4-5-12(9-18-3)17-10(2)11-6-7-13(15)14(16)8-11/h6-8,10,12,17H,4-5,9H2,1-3H3. The van der Waals surface area contributed by atoms with Gasteiger partial charge in [-0.25, -0.2) is 0 Å². The molecule has 2 atom stereocenters. The van der Waals surface area contributed by atoms with Gasteiger partial charge >= 0.3 is 0 Å². The van der Waals surface area contributed by atoms with Gasteiger partial charge in [-0.05, 0) is 31.0 Å². The minimum absolute atomic E-state index is 0.228. The van der Waals surface area contributed by atoms with Crippen molar-refractivity contribution >= 4 is 23.2 Å². The molecule has 2 nitrogen and oxygen atoms in total. The van der Waals surface area contributed by atoms with Crippen LogP contribution < -0.4 is 5.32 Å². The molecular formula is C14H21Cl2NO. The topological polar surface area (TPSA) is 21.3 Å². The molecule has 0 saturated carbocycles. The third kappa shape index (κ3) is 4.77. The van der Waals surface area contributed by atoms with Crippen LogP contribution in [-0.4, -0.2) is 19.8 Å². The predicted molar refractivity (Wildman–Crippen MR) is 78.6 cm³/mol. The molecule has 0 aliphatic rings. The average molecular weight is 290 g/mol. The van der Waals surface area contributed by atoms with Crippen molar-refractivity contribution in [1.29, 1.82) is 0 Å². The molecule has 0 amide bonds. The number of hydrogen-bond acceptors (Lipinski definition) is 2. The summed E-state index contributed by atoms with van der Waals surface area (Å²) in [4.78, 5) is 0. The van der Waals surface area contributed by atoms with E-state index in [9.17, 15) is 0 Å². The Kier molecular flexibility index (Phi) is 7.02. The average Bonchev–Trinajstić information content (AvgIpc) is 2.33. The summed E-state index contributed by atoms with van der Waals surface area (Å²) in [6.07, 6.45) is 2.23. The molecule has 1 rings (SSSR count). The van der Waals surface area contributed by atoms with Gasteiger partial charge in [-0.2, -0.15) is 0 Å². The summed E-state index contributed by atoms with van der Waals surface area (Å²) in [6.45, 7) is 5.02. The smallest absolute Gasteiger partial charge is 0.0616 e. The molecule has 2 unspecified atom stereocenters. The van der Waals surface area contributed by atoms with Crippen molar-refractivity contribution in [2.24, 2.45) is 0 Å². The molecule has 102 valence electrons. The Hall–Kier alpha value is -0.280. The number of hydrogen-bond donors (Lipinski definition) is 1. The summed E-state index contributed by atoms with van der Waals surface area (Å²) in [5.74, 6) is 0. The Bertz CT molecular complexity index is 365. The molecule has 0 aliphatic heterocycles. The van der Waals surface area contributed by atoms with E-state index in [1.54, 1.807) is 7.11 Å². The summed E-state index contributed by atoms with van der Waals surface area (Å²) >= 11 is 12.0. The molecule has 0 aliphatic carbocycles. The van der Waals surface area contributed by atoms with Crippen molar-refractivity contribution in [3.63, 3.8) is 0 Å². The van der Waals surface area contributed by atoms with Crippen LogP contribution in [0.1, 0.15) is 38.3 Å². The number of methoxy groups -OCH3 is 1. The summed E-state index contributed by atoms with van der Waals surface area (Å²) in [7, 11) is 1.73. The fraction of sp³-hybridized carbons (Fsp3) is 0.571. The SMILES string of the molecule is CCCC(COC)NC(C)c1ccc(Cl)c(Cl)c1. The van der Waals surface area contributed by atoms with E-state index in [4.69, 9.17) is 27.9 Å². The largest absolute Gasteiger partial charge is 0.383 e. The first-order valence-corrected chi connectivity index (χ1v) is 7.04. The number of benzene rings is 1. The Morgan fingerprint density at radius 3 is 2.56 bits per heavy atom. The van der Waals surface area contributed by atoms with Crippen molar-refractivity contribution in [1.82, 2.24) is 5.32 Å². The van der Waals surface area contributed by atoms with Crippen molar-refractivity contribution in [2.75, 3.05) is 13.7 Å². The van der Waals surface area contributed by atoms with E-state index in [-0.39, 0.29) is 6.04 Å². The summed E-state index contributed by atoms with van der Waals surface area (Å²) in [6, 6.07) is 6.35. The monoisotopic (exact) mass is 289 g/mol. The van der Waals surface area contributed by atoms with Crippen LogP contribution in [-0.2, 0) is 4.74 Å². The van der Waals surface area contributed by atoms with Crippen LogP contribution in [0.4, 0.5) is 0 Å². The van der Waals surface area contributed by atoms with Crippen molar-refractivity contribution in [2.45, 2.75) is 38.8 Å². The van der Waals surface area contributed by atoms with Crippen LogP contribution >= 0.6 is 23.2 Å². The van der Waals surface area contributed by atoms with Gasteiger partial charge < -0.3 is 10.1 Å². The van der Waals surface area contributed by atoms with Gasteiger partial charge in [0.15, 0.2) is 0 Å². The van der Waals surface area contributed by atoms with Crippen molar-refractivity contribution in [3.8, 4) is 0 Å². The number of ether oxygens (including phenoxy) is 1. The maximum absolute atomic E-state index is 6.03. The molecule has 0 aromatic heterocycles. The number of halogens is 2. The zero-order valence-corrected chi connectivity index (χ0v) is 12.7. The quantitative estimate of drug-likeness (QED) is 0.800. The molecule has 0 saturated heterocycles. The lowest BCUT2D eigenvalue weighted by molar-refractivity contribution is 0.157. The van der Waals surface area contributed by atoms with E-state index >= 15 is 0 Å². The van der Waals surface area contributed by atoms with Gasteiger partial charge in [0.05, 0.1) is 16.7 Å². The third-order valence-electron chi connectivity index (χ3n) is 2.93. The van der Waals surface area contributed by atoms with E-state index in [0.29, 0.717) is 16.1 Å².